The molecule has 1 fully saturated rings. The number of Topliss-reactive ketones (excluding diaryl/α,β-unsaturated/α-hetero) is 1. The molecule has 47 heavy (non-hydrogen) atoms. The average molecular weight is 826 g/mol. The molecule has 0 unspecified atom stereocenters. The second kappa shape index (κ2) is 19.1. The Balaban J connectivity index is 0.00000300. The molecule has 1 amide bonds. The van der Waals surface area contributed by atoms with Crippen LogP contribution in [0, 0.1) is 6.92 Å². The number of unbranched alkanes of at least 4 members (excludes halogenated alkanes) is 4. The lowest BCUT2D eigenvalue weighted by molar-refractivity contribution is -0.704. The number of rotatable bonds is 16. The highest BCUT2D eigenvalue weighted by Gasteiger charge is 2.39. The van der Waals surface area contributed by atoms with Gasteiger partial charge in [0, 0.05) is 30.6 Å². The van der Waals surface area contributed by atoms with E-state index in [-0.39, 0.29) is 45.7 Å². The summed E-state index contributed by atoms with van der Waals surface area (Å²) >= 11 is 5.36. The number of carbonyl (C=O) groups excluding carboxylic acids is 2. The van der Waals surface area contributed by atoms with E-state index in [1.165, 1.54) is 63.3 Å². The molecule has 0 atom stereocenters. The highest BCUT2D eigenvalue weighted by molar-refractivity contribution is 7.21. The topological polar surface area (TPSA) is 45.1 Å². The van der Waals surface area contributed by atoms with Crippen LogP contribution in [0.3, 0.4) is 0 Å². The van der Waals surface area contributed by atoms with Crippen molar-refractivity contribution < 1.29 is 52.7 Å². The fraction of sp³-hybridized carbons (Fsp3) is 0.568. The molecule has 3 aromatic heterocycles. The first-order valence-corrected chi connectivity index (χ1v) is 19.7. The number of nitrogens with zero attached hydrogens (tertiary/aromatic N) is 3. The Hall–Kier alpha value is -1.46. The average Bonchev–Trinajstić information content (AvgIpc) is 3.84. The van der Waals surface area contributed by atoms with Gasteiger partial charge in [-0.3, -0.25) is 9.59 Å². The fourth-order valence-corrected chi connectivity index (χ4v) is 10.6. The number of hydrogen-bond donors (Lipinski definition) is 0. The SMILES string of the molecule is CCCCCc1sc(-c2sc(CC)c(CC)[n+]2CC(=O)N2CCCC2)[n+](CC(=O)c2sc3ccccc3c2C)c1CCCCC.[Br-].[Br-]. The standard InChI is InChI=1S/C37H51N3O2S3.2BrH/c1-6-10-12-19-29-33(21-13-11-7-2)45-36(39(29)24-30(41)35-26(5)27-18-14-15-20-32(27)43-35)37-40(28(8-3)31(9-4)44-37)25-34(42)38-22-16-17-23-38;;/h14-15,18,20H,6-13,16-17,19,21-25H2,1-5H3;2*1H/q+2;;/p-2. The maximum absolute atomic E-state index is 14.3. The van der Waals surface area contributed by atoms with E-state index in [4.69, 9.17) is 0 Å². The van der Waals surface area contributed by atoms with E-state index in [0.717, 1.165) is 78.5 Å². The Bertz CT molecular complexity index is 1640. The number of ketones is 1. The van der Waals surface area contributed by atoms with Crippen molar-refractivity contribution in [2.75, 3.05) is 13.1 Å². The van der Waals surface area contributed by atoms with Gasteiger partial charge in [-0.2, -0.15) is 9.13 Å². The minimum atomic E-state index is 0. The van der Waals surface area contributed by atoms with E-state index in [0.29, 0.717) is 13.1 Å². The molecule has 0 aliphatic carbocycles. The van der Waals surface area contributed by atoms with Gasteiger partial charge in [0.1, 0.15) is 0 Å². The number of thiophene rings is 1. The van der Waals surface area contributed by atoms with Crippen molar-refractivity contribution in [3.63, 3.8) is 0 Å². The molecular weight excluding hydrogens is 774 g/mol. The van der Waals surface area contributed by atoms with Gasteiger partial charge in [0.05, 0.1) is 14.6 Å². The summed E-state index contributed by atoms with van der Waals surface area (Å²) < 4.78 is 5.89. The Morgan fingerprint density at radius 2 is 1.36 bits per heavy atom. The Labute approximate surface area is 315 Å². The van der Waals surface area contributed by atoms with Crippen molar-refractivity contribution in [1.29, 1.82) is 0 Å². The summed E-state index contributed by atoms with van der Waals surface area (Å²) in [4.78, 5) is 33.6. The number of carbonyl (C=O) groups is 2. The lowest BCUT2D eigenvalue weighted by atomic mass is 10.1. The second-order valence-corrected chi connectivity index (χ2v) is 15.6. The molecular formula is C37H51Br2N3O2S3. The van der Waals surface area contributed by atoms with Crippen LogP contribution in [0.15, 0.2) is 24.3 Å². The van der Waals surface area contributed by atoms with Crippen molar-refractivity contribution in [1.82, 2.24) is 4.90 Å². The number of amides is 1. The van der Waals surface area contributed by atoms with Crippen molar-refractivity contribution in [2.45, 2.75) is 125 Å². The minimum absolute atomic E-state index is 0. The fourth-order valence-electron chi connectivity index (χ4n) is 6.73. The summed E-state index contributed by atoms with van der Waals surface area (Å²) in [7, 11) is 0. The number of likely N-dealkylation sites (tertiary alicyclic amines) is 1. The first-order valence-electron chi connectivity index (χ1n) is 17.3. The summed E-state index contributed by atoms with van der Waals surface area (Å²) in [5, 5.41) is 3.50. The molecule has 1 saturated heterocycles. The first-order chi connectivity index (χ1) is 21.9. The van der Waals surface area contributed by atoms with Gasteiger partial charge in [0.25, 0.3) is 5.91 Å². The molecule has 4 aromatic rings. The van der Waals surface area contributed by atoms with E-state index in [1.807, 2.05) is 27.6 Å². The predicted molar refractivity (Wildman–Crippen MR) is 190 cm³/mol. The van der Waals surface area contributed by atoms with Crippen LogP contribution < -0.4 is 43.1 Å². The van der Waals surface area contributed by atoms with Gasteiger partial charge >= 0.3 is 10.0 Å². The van der Waals surface area contributed by atoms with Gasteiger partial charge in [-0.1, -0.05) is 94.3 Å². The Kier molecular flexibility index (Phi) is 16.2. The molecule has 0 spiro atoms. The molecule has 258 valence electrons. The van der Waals surface area contributed by atoms with E-state index in [1.54, 1.807) is 11.3 Å². The van der Waals surface area contributed by atoms with Crippen LogP contribution in [-0.2, 0) is 43.6 Å². The molecule has 0 saturated carbocycles. The van der Waals surface area contributed by atoms with E-state index in [2.05, 4.69) is 68.0 Å². The highest BCUT2D eigenvalue weighted by Crippen LogP contribution is 2.35. The van der Waals surface area contributed by atoms with Gasteiger partial charge < -0.3 is 38.9 Å². The number of halogens is 2. The normalized spacial score (nSPS) is 12.8. The van der Waals surface area contributed by atoms with Gasteiger partial charge in [0.15, 0.2) is 11.4 Å². The van der Waals surface area contributed by atoms with Crippen LogP contribution in [-0.4, -0.2) is 29.7 Å². The zero-order chi connectivity index (χ0) is 31.9. The lowest BCUT2D eigenvalue weighted by Crippen LogP contribution is -3.00. The molecule has 5 nitrogen and oxygen atoms in total. The van der Waals surface area contributed by atoms with Gasteiger partial charge in [-0.05, 0) is 62.5 Å². The minimum Gasteiger partial charge on any atom is -1.00 e. The Morgan fingerprint density at radius 1 is 0.745 bits per heavy atom. The smallest absolute Gasteiger partial charge is 0.346 e. The number of aromatic nitrogens is 2. The number of aryl methyl sites for hydroxylation is 3. The van der Waals surface area contributed by atoms with Crippen molar-refractivity contribution in [3.05, 3.63) is 55.8 Å². The molecule has 10 heteroatoms. The van der Waals surface area contributed by atoms with Gasteiger partial charge in [0.2, 0.25) is 18.9 Å². The van der Waals surface area contributed by atoms with E-state index >= 15 is 0 Å². The van der Waals surface area contributed by atoms with Crippen molar-refractivity contribution in [2.24, 2.45) is 0 Å². The number of hydrogen-bond acceptors (Lipinski definition) is 5. The first kappa shape index (κ1) is 40.0. The van der Waals surface area contributed by atoms with Crippen LogP contribution in [0.5, 0.6) is 0 Å². The molecule has 1 aliphatic rings. The summed E-state index contributed by atoms with van der Waals surface area (Å²) in [6.45, 7) is 13.5. The monoisotopic (exact) mass is 823 g/mol. The summed E-state index contributed by atoms with van der Waals surface area (Å²) in [6, 6.07) is 8.38. The third-order valence-electron chi connectivity index (χ3n) is 9.24. The number of thiazole rings is 2. The molecule has 0 radical (unpaired) electrons. The van der Waals surface area contributed by atoms with E-state index < -0.39 is 0 Å². The molecule has 0 bridgehead atoms. The van der Waals surface area contributed by atoms with Crippen LogP contribution in [0.25, 0.3) is 20.1 Å². The lowest BCUT2D eigenvalue weighted by Gasteiger charge is -2.13. The highest BCUT2D eigenvalue weighted by atomic mass is 79.9. The summed E-state index contributed by atoms with van der Waals surface area (Å²) in [5.74, 6) is 0.414. The quantitative estimate of drug-likeness (QED) is 0.0993. The van der Waals surface area contributed by atoms with Crippen molar-refractivity contribution >= 4 is 55.8 Å². The summed E-state index contributed by atoms with van der Waals surface area (Å²) in [5.41, 5.74) is 3.71. The third kappa shape index (κ3) is 9.02. The van der Waals surface area contributed by atoms with Gasteiger partial charge in [-0.25, -0.2) is 0 Å². The third-order valence-corrected chi connectivity index (χ3v) is 13.4. The van der Waals surface area contributed by atoms with Crippen LogP contribution in [0.1, 0.15) is 115 Å². The number of fused-ring (bicyclic) bond motifs is 1. The molecule has 5 rings (SSSR count). The predicted octanol–water partition coefficient (Wildman–Crippen LogP) is 2.68. The van der Waals surface area contributed by atoms with Crippen LogP contribution >= 0.6 is 34.0 Å². The largest absolute Gasteiger partial charge is 1.00 e. The van der Waals surface area contributed by atoms with E-state index in [9.17, 15) is 9.59 Å². The zero-order valence-electron chi connectivity index (χ0n) is 28.8. The molecule has 4 heterocycles. The molecule has 1 aliphatic heterocycles. The van der Waals surface area contributed by atoms with Crippen LogP contribution in [0.4, 0.5) is 0 Å². The van der Waals surface area contributed by atoms with Crippen molar-refractivity contribution in [3.8, 4) is 10.0 Å². The maximum atomic E-state index is 14.3. The van der Waals surface area contributed by atoms with Crippen LogP contribution in [0.2, 0.25) is 0 Å². The Morgan fingerprint density at radius 3 is 1.98 bits per heavy atom. The molecule has 0 N–H and O–H groups in total. The summed E-state index contributed by atoms with van der Waals surface area (Å²) in [6.07, 6.45) is 13.1. The second-order valence-electron chi connectivity index (χ2n) is 12.4. The maximum Gasteiger partial charge on any atom is 0.346 e. The molecule has 1 aromatic carbocycles. The zero-order valence-corrected chi connectivity index (χ0v) is 34.4. The van der Waals surface area contributed by atoms with Gasteiger partial charge in [-0.15, -0.1) is 11.3 Å². The number of benzene rings is 1.